The zero-order chi connectivity index (χ0) is 12.3. The van der Waals surface area contributed by atoms with E-state index in [1.807, 2.05) is 0 Å². The Kier molecular flexibility index (Phi) is 3.91. The van der Waals surface area contributed by atoms with Gasteiger partial charge in [0.2, 0.25) is 0 Å². The van der Waals surface area contributed by atoms with Gasteiger partial charge in [0.15, 0.2) is 5.13 Å². The van der Waals surface area contributed by atoms with Gasteiger partial charge in [0.25, 0.3) is 0 Å². The van der Waals surface area contributed by atoms with Crippen molar-refractivity contribution in [2.45, 2.75) is 6.42 Å². The van der Waals surface area contributed by atoms with Crippen LogP contribution in [-0.4, -0.2) is 37.1 Å². The largest absolute Gasteiger partial charge is 0.361 e. The zero-order valence-electron chi connectivity index (χ0n) is 10.0. The van der Waals surface area contributed by atoms with Crippen molar-refractivity contribution in [2.24, 2.45) is 0 Å². The summed E-state index contributed by atoms with van der Waals surface area (Å²) in [5.41, 5.74) is 0.727. The number of nitrogens with one attached hydrogen (secondary N) is 1. The highest BCUT2D eigenvalue weighted by atomic mass is 32.1. The SMILES string of the molecule is CN(C)CCCNc1nc2cc(F)ccc2s1. The molecule has 2 aromatic rings. The summed E-state index contributed by atoms with van der Waals surface area (Å²) >= 11 is 1.56. The summed E-state index contributed by atoms with van der Waals surface area (Å²) in [7, 11) is 4.11. The van der Waals surface area contributed by atoms with Gasteiger partial charge in [-0.15, -0.1) is 0 Å². The molecule has 0 amide bonds. The Morgan fingerprint density at radius 1 is 1.41 bits per heavy atom. The Morgan fingerprint density at radius 3 is 3.00 bits per heavy atom. The first-order valence-corrected chi connectivity index (χ1v) is 6.41. The maximum Gasteiger partial charge on any atom is 0.183 e. The maximum absolute atomic E-state index is 13.0. The molecule has 0 saturated heterocycles. The van der Waals surface area contributed by atoms with Gasteiger partial charge in [0.05, 0.1) is 10.2 Å². The molecule has 0 spiro atoms. The second-order valence-corrected chi connectivity index (χ2v) is 5.25. The van der Waals surface area contributed by atoms with Gasteiger partial charge in [-0.3, -0.25) is 0 Å². The molecule has 1 N–H and O–H groups in total. The third kappa shape index (κ3) is 3.38. The van der Waals surface area contributed by atoms with Crippen molar-refractivity contribution >= 4 is 26.7 Å². The smallest absolute Gasteiger partial charge is 0.183 e. The van der Waals surface area contributed by atoms with Gasteiger partial charge in [-0.1, -0.05) is 11.3 Å². The topological polar surface area (TPSA) is 28.2 Å². The number of hydrogen-bond donors (Lipinski definition) is 1. The number of anilines is 1. The van der Waals surface area contributed by atoms with Crippen LogP contribution in [0.2, 0.25) is 0 Å². The summed E-state index contributed by atoms with van der Waals surface area (Å²) in [6.45, 7) is 1.94. The monoisotopic (exact) mass is 253 g/mol. The van der Waals surface area contributed by atoms with Crippen molar-refractivity contribution in [3.63, 3.8) is 0 Å². The van der Waals surface area contributed by atoms with E-state index in [2.05, 4.69) is 29.3 Å². The van der Waals surface area contributed by atoms with Crippen molar-refractivity contribution < 1.29 is 4.39 Å². The van der Waals surface area contributed by atoms with Crippen LogP contribution in [0, 0.1) is 5.82 Å². The van der Waals surface area contributed by atoms with E-state index in [1.165, 1.54) is 12.1 Å². The van der Waals surface area contributed by atoms with E-state index in [1.54, 1.807) is 17.4 Å². The van der Waals surface area contributed by atoms with Crippen LogP contribution >= 0.6 is 11.3 Å². The predicted octanol–water partition coefficient (Wildman–Crippen LogP) is 2.80. The number of rotatable bonds is 5. The van der Waals surface area contributed by atoms with Crippen LogP contribution in [0.1, 0.15) is 6.42 Å². The van der Waals surface area contributed by atoms with Gasteiger partial charge < -0.3 is 10.2 Å². The third-order valence-electron chi connectivity index (χ3n) is 2.41. The van der Waals surface area contributed by atoms with Gasteiger partial charge >= 0.3 is 0 Å². The molecular formula is C12H16FN3S. The standard InChI is InChI=1S/C12H16FN3S/c1-16(2)7-3-6-14-12-15-10-8-9(13)4-5-11(10)17-12/h4-5,8H,3,6-7H2,1-2H3,(H,14,15). The average Bonchev–Trinajstić information content (AvgIpc) is 2.66. The fourth-order valence-electron chi connectivity index (χ4n) is 1.57. The minimum absolute atomic E-state index is 0.234. The van der Waals surface area contributed by atoms with E-state index in [4.69, 9.17) is 0 Å². The van der Waals surface area contributed by atoms with Crippen LogP contribution in [0.3, 0.4) is 0 Å². The first kappa shape index (κ1) is 12.3. The lowest BCUT2D eigenvalue weighted by molar-refractivity contribution is 0.405. The Bertz CT molecular complexity index is 495. The fourth-order valence-corrected chi connectivity index (χ4v) is 2.44. The normalized spacial score (nSPS) is 11.3. The number of nitrogens with zero attached hydrogens (tertiary/aromatic N) is 2. The summed E-state index contributed by atoms with van der Waals surface area (Å²) in [4.78, 5) is 6.49. The van der Waals surface area contributed by atoms with Crippen molar-refractivity contribution in [3.05, 3.63) is 24.0 Å². The molecule has 3 nitrogen and oxygen atoms in total. The molecule has 5 heteroatoms. The summed E-state index contributed by atoms with van der Waals surface area (Å²) in [6, 6.07) is 4.71. The Labute approximate surface area is 104 Å². The molecule has 0 radical (unpaired) electrons. The molecule has 92 valence electrons. The molecule has 0 atom stereocenters. The number of fused-ring (bicyclic) bond motifs is 1. The molecule has 1 aromatic heterocycles. The van der Waals surface area contributed by atoms with Crippen LogP contribution in [0.4, 0.5) is 9.52 Å². The quantitative estimate of drug-likeness (QED) is 0.831. The molecule has 0 aliphatic heterocycles. The summed E-state index contributed by atoms with van der Waals surface area (Å²) in [5, 5.41) is 4.13. The van der Waals surface area contributed by atoms with Crippen LogP contribution in [0.25, 0.3) is 10.2 Å². The van der Waals surface area contributed by atoms with Crippen molar-refractivity contribution in [3.8, 4) is 0 Å². The molecule has 17 heavy (non-hydrogen) atoms. The highest BCUT2D eigenvalue weighted by molar-refractivity contribution is 7.22. The Morgan fingerprint density at radius 2 is 2.24 bits per heavy atom. The Balaban J connectivity index is 1.95. The van der Waals surface area contributed by atoms with Crippen molar-refractivity contribution in [1.29, 1.82) is 0 Å². The Hall–Kier alpha value is -1.20. The molecule has 0 saturated carbocycles. The number of hydrogen-bond acceptors (Lipinski definition) is 4. The van der Waals surface area contributed by atoms with E-state index in [9.17, 15) is 4.39 Å². The number of thiazole rings is 1. The van der Waals surface area contributed by atoms with E-state index < -0.39 is 0 Å². The molecular weight excluding hydrogens is 237 g/mol. The molecule has 1 aromatic carbocycles. The highest BCUT2D eigenvalue weighted by Gasteiger charge is 2.03. The zero-order valence-corrected chi connectivity index (χ0v) is 10.9. The first-order chi connectivity index (χ1) is 8.15. The van der Waals surface area contributed by atoms with Crippen LogP contribution in [-0.2, 0) is 0 Å². The third-order valence-corrected chi connectivity index (χ3v) is 3.40. The molecule has 0 fully saturated rings. The molecule has 0 aliphatic rings. The second kappa shape index (κ2) is 5.42. The van der Waals surface area contributed by atoms with Gasteiger partial charge in [-0.25, -0.2) is 9.37 Å². The molecule has 0 bridgehead atoms. The van der Waals surface area contributed by atoms with Gasteiger partial charge in [0, 0.05) is 12.6 Å². The van der Waals surface area contributed by atoms with Gasteiger partial charge in [0.1, 0.15) is 5.82 Å². The van der Waals surface area contributed by atoms with Gasteiger partial charge in [-0.2, -0.15) is 0 Å². The van der Waals surface area contributed by atoms with Crippen LogP contribution in [0.15, 0.2) is 18.2 Å². The number of aromatic nitrogens is 1. The number of benzene rings is 1. The minimum atomic E-state index is -0.234. The highest BCUT2D eigenvalue weighted by Crippen LogP contribution is 2.26. The van der Waals surface area contributed by atoms with E-state index in [0.717, 1.165) is 34.9 Å². The van der Waals surface area contributed by atoms with Crippen LogP contribution < -0.4 is 5.32 Å². The number of halogens is 1. The van der Waals surface area contributed by atoms with Crippen molar-refractivity contribution in [1.82, 2.24) is 9.88 Å². The van der Waals surface area contributed by atoms with Gasteiger partial charge in [-0.05, 0) is 39.2 Å². The molecule has 0 unspecified atom stereocenters. The molecule has 0 aliphatic carbocycles. The maximum atomic E-state index is 13.0. The van der Waals surface area contributed by atoms with E-state index >= 15 is 0 Å². The second-order valence-electron chi connectivity index (χ2n) is 4.21. The van der Waals surface area contributed by atoms with Crippen molar-refractivity contribution in [2.75, 3.05) is 32.5 Å². The molecule has 2 rings (SSSR count). The van der Waals surface area contributed by atoms with E-state index in [0.29, 0.717) is 0 Å². The first-order valence-electron chi connectivity index (χ1n) is 5.60. The fraction of sp³-hybridized carbons (Fsp3) is 0.417. The summed E-state index contributed by atoms with van der Waals surface area (Å²) in [6.07, 6.45) is 1.07. The predicted molar refractivity (Wildman–Crippen MR) is 71.2 cm³/mol. The summed E-state index contributed by atoms with van der Waals surface area (Å²) < 4.78 is 14.0. The van der Waals surface area contributed by atoms with E-state index in [-0.39, 0.29) is 5.82 Å². The average molecular weight is 253 g/mol. The minimum Gasteiger partial charge on any atom is -0.361 e. The lowest BCUT2D eigenvalue weighted by Crippen LogP contribution is -2.16. The lowest BCUT2D eigenvalue weighted by atomic mass is 10.3. The summed E-state index contributed by atoms with van der Waals surface area (Å²) in [5.74, 6) is -0.234. The van der Waals surface area contributed by atoms with Crippen LogP contribution in [0.5, 0.6) is 0 Å². The molecule has 1 heterocycles. The lowest BCUT2D eigenvalue weighted by Gasteiger charge is -2.08.